The molecule has 0 radical (unpaired) electrons. The number of hydrogen-bond acceptors (Lipinski definition) is 3. The van der Waals surface area contributed by atoms with E-state index in [0.29, 0.717) is 6.54 Å². The van der Waals surface area contributed by atoms with Gasteiger partial charge in [0.2, 0.25) is 5.91 Å². The van der Waals surface area contributed by atoms with Crippen LogP contribution in [0.3, 0.4) is 0 Å². The Hall–Kier alpha value is -1.71. The van der Waals surface area contributed by atoms with Gasteiger partial charge in [-0.1, -0.05) is 6.92 Å². The van der Waals surface area contributed by atoms with E-state index in [2.05, 4.69) is 41.4 Å². The van der Waals surface area contributed by atoms with E-state index >= 15 is 0 Å². The summed E-state index contributed by atoms with van der Waals surface area (Å²) in [5.41, 5.74) is 2.32. The lowest BCUT2D eigenvalue weighted by molar-refractivity contribution is -0.130. The first kappa shape index (κ1) is 15.2. The lowest BCUT2D eigenvalue weighted by Gasteiger charge is -2.30. The minimum absolute atomic E-state index is 0.218. The van der Waals surface area contributed by atoms with E-state index in [1.54, 1.807) is 0 Å². The van der Waals surface area contributed by atoms with Crippen LogP contribution in [0.15, 0.2) is 24.3 Å². The standard InChI is InChI=1S/C18H27N3O/c1-15-8-12-21(13-9-15)18(22)14-19-16-4-6-17(7-5-16)20-10-2-3-11-20/h4-7,15,19H,2-3,8-14H2,1H3. The van der Waals surface area contributed by atoms with E-state index in [1.807, 2.05) is 4.90 Å². The van der Waals surface area contributed by atoms with Crippen LogP contribution in [0.25, 0.3) is 0 Å². The second-order valence-corrected chi connectivity index (χ2v) is 6.66. The molecule has 0 aromatic heterocycles. The Labute approximate surface area is 133 Å². The summed E-state index contributed by atoms with van der Waals surface area (Å²) in [6, 6.07) is 8.47. The molecule has 2 saturated heterocycles. The van der Waals surface area contributed by atoms with Gasteiger partial charge in [-0.2, -0.15) is 0 Å². The predicted molar refractivity (Wildman–Crippen MR) is 91.4 cm³/mol. The van der Waals surface area contributed by atoms with Crippen LogP contribution < -0.4 is 10.2 Å². The van der Waals surface area contributed by atoms with Gasteiger partial charge in [0, 0.05) is 37.6 Å². The Morgan fingerprint density at radius 2 is 1.73 bits per heavy atom. The van der Waals surface area contributed by atoms with Gasteiger partial charge in [0.25, 0.3) is 0 Å². The molecule has 1 N–H and O–H groups in total. The van der Waals surface area contributed by atoms with Crippen LogP contribution in [0.2, 0.25) is 0 Å². The third kappa shape index (κ3) is 3.73. The fourth-order valence-corrected chi connectivity index (χ4v) is 3.31. The van der Waals surface area contributed by atoms with E-state index < -0.39 is 0 Å². The van der Waals surface area contributed by atoms with Crippen LogP contribution in [0.4, 0.5) is 11.4 Å². The third-order valence-corrected chi connectivity index (χ3v) is 4.92. The van der Waals surface area contributed by atoms with Gasteiger partial charge in [0.1, 0.15) is 0 Å². The minimum atomic E-state index is 0.218. The van der Waals surface area contributed by atoms with Crippen molar-refractivity contribution in [2.45, 2.75) is 32.6 Å². The molecule has 0 spiro atoms. The number of piperidine rings is 1. The maximum atomic E-state index is 12.2. The van der Waals surface area contributed by atoms with Crippen molar-refractivity contribution in [1.82, 2.24) is 4.90 Å². The molecule has 2 aliphatic heterocycles. The maximum Gasteiger partial charge on any atom is 0.241 e. The summed E-state index contributed by atoms with van der Waals surface area (Å²) >= 11 is 0. The van der Waals surface area contributed by atoms with E-state index in [1.165, 1.54) is 31.6 Å². The third-order valence-electron chi connectivity index (χ3n) is 4.92. The Morgan fingerprint density at radius 3 is 2.36 bits per heavy atom. The monoisotopic (exact) mass is 301 g/mol. The normalized spacial score (nSPS) is 19.5. The quantitative estimate of drug-likeness (QED) is 0.929. The highest BCUT2D eigenvalue weighted by Gasteiger charge is 2.19. The summed E-state index contributed by atoms with van der Waals surface area (Å²) in [7, 11) is 0. The van der Waals surface area contributed by atoms with Gasteiger partial charge in [0.15, 0.2) is 0 Å². The largest absolute Gasteiger partial charge is 0.376 e. The second-order valence-electron chi connectivity index (χ2n) is 6.66. The molecule has 4 nitrogen and oxygen atoms in total. The molecule has 0 saturated carbocycles. The minimum Gasteiger partial charge on any atom is -0.376 e. The highest BCUT2D eigenvalue weighted by Crippen LogP contribution is 2.22. The van der Waals surface area contributed by atoms with E-state index in [-0.39, 0.29) is 5.91 Å². The zero-order valence-corrected chi connectivity index (χ0v) is 13.6. The molecule has 2 heterocycles. The zero-order chi connectivity index (χ0) is 15.4. The van der Waals surface area contributed by atoms with Crippen LogP contribution in [0.5, 0.6) is 0 Å². The van der Waals surface area contributed by atoms with Crippen molar-refractivity contribution in [2.75, 3.05) is 42.9 Å². The number of amides is 1. The first-order chi connectivity index (χ1) is 10.7. The van der Waals surface area contributed by atoms with Crippen molar-refractivity contribution in [2.24, 2.45) is 5.92 Å². The number of hydrogen-bond donors (Lipinski definition) is 1. The highest BCUT2D eigenvalue weighted by atomic mass is 16.2. The summed E-state index contributed by atoms with van der Waals surface area (Å²) in [5, 5.41) is 3.26. The number of carbonyl (C=O) groups excluding carboxylic acids is 1. The molecule has 2 fully saturated rings. The van der Waals surface area contributed by atoms with Gasteiger partial charge in [-0.05, 0) is 55.9 Å². The van der Waals surface area contributed by atoms with Crippen molar-refractivity contribution in [1.29, 1.82) is 0 Å². The van der Waals surface area contributed by atoms with Crippen molar-refractivity contribution >= 4 is 17.3 Å². The lowest BCUT2D eigenvalue weighted by Crippen LogP contribution is -2.40. The molecule has 120 valence electrons. The number of carbonyl (C=O) groups is 1. The average Bonchev–Trinajstić information content (AvgIpc) is 3.08. The molecule has 0 aliphatic carbocycles. The summed E-state index contributed by atoms with van der Waals surface area (Å²) in [6.45, 7) is 6.82. The fourth-order valence-electron chi connectivity index (χ4n) is 3.31. The van der Waals surface area contributed by atoms with Gasteiger partial charge in [-0.15, -0.1) is 0 Å². The number of anilines is 2. The fraction of sp³-hybridized carbons (Fsp3) is 0.611. The summed E-state index contributed by atoms with van der Waals surface area (Å²) in [4.78, 5) is 16.6. The zero-order valence-electron chi connectivity index (χ0n) is 13.6. The summed E-state index contributed by atoms with van der Waals surface area (Å²) in [6.07, 6.45) is 4.86. The SMILES string of the molecule is CC1CCN(C(=O)CNc2ccc(N3CCCC3)cc2)CC1. The van der Waals surface area contributed by atoms with Crippen LogP contribution in [0.1, 0.15) is 32.6 Å². The molecular formula is C18H27N3O. The van der Waals surface area contributed by atoms with Crippen molar-refractivity contribution in [3.05, 3.63) is 24.3 Å². The Kier molecular flexibility index (Phi) is 4.86. The first-order valence-corrected chi connectivity index (χ1v) is 8.59. The smallest absolute Gasteiger partial charge is 0.241 e. The van der Waals surface area contributed by atoms with E-state index in [4.69, 9.17) is 0 Å². The van der Waals surface area contributed by atoms with Crippen LogP contribution in [-0.2, 0) is 4.79 Å². The molecular weight excluding hydrogens is 274 g/mol. The van der Waals surface area contributed by atoms with Gasteiger partial charge in [-0.25, -0.2) is 0 Å². The molecule has 3 rings (SSSR count). The highest BCUT2D eigenvalue weighted by molar-refractivity contribution is 5.81. The summed E-state index contributed by atoms with van der Waals surface area (Å²) < 4.78 is 0. The molecule has 0 bridgehead atoms. The number of nitrogens with one attached hydrogen (secondary N) is 1. The van der Waals surface area contributed by atoms with Gasteiger partial charge < -0.3 is 15.1 Å². The number of rotatable bonds is 4. The number of likely N-dealkylation sites (tertiary alicyclic amines) is 1. The molecule has 2 aliphatic rings. The van der Waals surface area contributed by atoms with Gasteiger partial charge in [0.05, 0.1) is 6.54 Å². The first-order valence-electron chi connectivity index (χ1n) is 8.59. The Balaban J connectivity index is 1.47. The Bertz CT molecular complexity index is 486. The molecule has 22 heavy (non-hydrogen) atoms. The molecule has 1 aromatic rings. The molecule has 0 atom stereocenters. The molecule has 1 amide bonds. The van der Waals surface area contributed by atoms with Gasteiger partial charge >= 0.3 is 0 Å². The number of nitrogens with zero attached hydrogens (tertiary/aromatic N) is 2. The Morgan fingerprint density at radius 1 is 1.09 bits per heavy atom. The van der Waals surface area contributed by atoms with Crippen molar-refractivity contribution in [3.63, 3.8) is 0 Å². The van der Waals surface area contributed by atoms with E-state index in [9.17, 15) is 4.79 Å². The topological polar surface area (TPSA) is 35.6 Å². The van der Waals surface area contributed by atoms with Crippen molar-refractivity contribution in [3.8, 4) is 0 Å². The van der Waals surface area contributed by atoms with E-state index in [0.717, 1.165) is 37.5 Å². The van der Waals surface area contributed by atoms with Crippen LogP contribution in [-0.4, -0.2) is 43.5 Å². The van der Waals surface area contributed by atoms with Crippen LogP contribution in [0, 0.1) is 5.92 Å². The van der Waals surface area contributed by atoms with Crippen LogP contribution >= 0.6 is 0 Å². The molecule has 4 heteroatoms. The van der Waals surface area contributed by atoms with Crippen molar-refractivity contribution < 1.29 is 4.79 Å². The maximum absolute atomic E-state index is 12.2. The molecule has 0 unspecified atom stereocenters. The summed E-state index contributed by atoms with van der Waals surface area (Å²) in [5.74, 6) is 0.977. The number of benzene rings is 1. The average molecular weight is 301 g/mol. The lowest BCUT2D eigenvalue weighted by atomic mass is 9.99. The predicted octanol–water partition coefficient (Wildman–Crippen LogP) is 2.96. The second kappa shape index (κ2) is 7.03. The van der Waals surface area contributed by atoms with Gasteiger partial charge in [-0.3, -0.25) is 4.79 Å². The molecule has 1 aromatic carbocycles.